The van der Waals surface area contributed by atoms with Crippen LogP contribution in [-0.4, -0.2) is 71.1 Å². The molecule has 0 bridgehead atoms. The van der Waals surface area contributed by atoms with Gasteiger partial charge in [-0.1, -0.05) is 6.07 Å². The summed E-state index contributed by atoms with van der Waals surface area (Å²) in [4.78, 5) is 32.9. The van der Waals surface area contributed by atoms with Crippen LogP contribution in [0.4, 0.5) is 15.9 Å². The molecule has 1 aliphatic heterocycles. The number of nitrogens with one attached hydrogen (secondary N) is 1. The molecular weight excluding hydrogens is 479 g/mol. The van der Waals surface area contributed by atoms with Crippen LogP contribution in [0.2, 0.25) is 0 Å². The van der Waals surface area contributed by atoms with E-state index in [4.69, 9.17) is 4.74 Å². The fraction of sp³-hybridized carbons (Fsp3) is 0.385. The number of rotatable bonds is 8. The van der Waals surface area contributed by atoms with Gasteiger partial charge < -0.3 is 19.3 Å². The number of hydrogen-bond donors (Lipinski definition) is 2. The average molecular weight is 509 g/mol. The van der Waals surface area contributed by atoms with E-state index in [2.05, 4.69) is 20.4 Å². The third-order valence-corrected chi connectivity index (χ3v) is 6.74. The fourth-order valence-electron chi connectivity index (χ4n) is 4.79. The number of pyridine rings is 2. The molecule has 2 fully saturated rings. The lowest BCUT2D eigenvalue weighted by molar-refractivity contribution is 0.0694. The second-order valence-corrected chi connectivity index (χ2v) is 9.39. The molecule has 2 N–H and O–H groups in total. The molecule has 0 spiro atoms. The third-order valence-electron chi connectivity index (χ3n) is 6.74. The van der Waals surface area contributed by atoms with Gasteiger partial charge in [0.25, 0.3) is 0 Å². The van der Waals surface area contributed by atoms with E-state index < -0.39 is 17.2 Å². The molecule has 0 radical (unpaired) electrons. The van der Waals surface area contributed by atoms with Crippen LogP contribution >= 0.6 is 0 Å². The van der Waals surface area contributed by atoms with Gasteiger partial charge >= 0.3 is 5.97 Å². The number of carbonyl (C=O) groups is 1. The van der Waals surface area contributed by atoms with E-state index in [0.717, 1.165) is 24.6 Å². The summed E-state index contributed by atoms with van der Waals surface area (Å²) in [6.45, 7) is 5.08. The molecule has 11 heteroatoms. The molecule has 1 saturated carbocycles. The molecule has 0 amide bonds. The normalized spacial score (nSPS) is 16.7. The van der Waals surface area contributed by atoms with Crippen LogP contribution < -0.4 is 20.5 Å². The molecule has 3 aromatic rings. The standard InChI is InChI=1S/C26H29FN6O4/c1-16(29-30-21-5-3-4-8-28-21)14-31-9-11-32(12-10-31)23-20(27)13-18-22(25(23)37-2)33(17-6-7-17)15-19(24(18)34)26(35)36/h3-5,8,13,15,17H,6-7,9-12,14H2,1-2H3,(H,28,30)(H,35,36)/b29-16+. The smallest absolute Gasteiger partial charge is 0.341 e. The Morgan fingerprint density at radius 1 is 1.27 bits per heavy atom. The average Bonchev–Trinajstić information content (AvgIpc) is 3.74. The summed E-state index contributed by atoms with van der Waals surface area (Å²) in [5.41, 5.74) is 3.53. The predicted octanol–water partition coefficient (Wildman–Crippen LogP) is 3.19. The highest BCUT2D eigenvalue weighted by molar-refractivity contribution is 5.97. The van der Waals surface area contributed by atoms with Gasteiger partial charge in [0, 0.05) is 56.9 Å². The van der Waals surface area contributed by atoms with Crippen molar-refractivity contribution >= 4 is 34.1 Å². The maximum absolute atomic E-state index is 15.5. The summed E-state index contributed by atoms with van der Waals surface area (Å²) in [6, 6.07) is 6.79. The molecule has 10 nitrogen and oxygen atoms in total. The molecule has 1 saturated heterocycles. The van der Waals surface area contributed by atoms with Gasteiger partial charge in [0.2, 0.25) is 5.43 Å². The highest BCUT2D eigenvalue weighted by Crippen LogP contribution is 2.43. The van der Waals surface area contributed by atoms with Crippen LogP contribution in [0, 0.1) is 5.82 Å². The lowest BCUT2D eigenvalue weighted by Crippen LogP contribution is -2.48. The maximum atomic E-state index is 15.5. The number of ether oxygens (including phenoxy) is 1. The van der Waals surface area contributed by atoms with E-state index in [1.54, 1.807) is 10.8 Å². The van der Waals surface area contributed by atoms with Crippen molar-refractivity contribution in [2.75, 3.05) is 50.2 Å². The molecule has 5 rings (SSSR count). The SMILES string of the molecule is COc1c(N2CCN(C/C(C)=N/Nc3ccccn3)CC2)c(F)cc2c(=O)c(C(=O)O)cn(C3CC3)c12. The Balaban J connectivity index is 1.38. The van der Waals surface area contributed by atoms with E-state index in [0.29, 0.717) is 49.7 Å². The number of piperazine rings is 1. The van der Waals surface area contributed by atoms with Crippen LogP contribution in [0.1, 0.15) is 36.2 Å². The first kappa shape index (κ1) is 24.7. The number of hydrogen-bond acceptors (Lipinski definition) is 8. The quantitative estimate of drug-likeness (QED) is 0.353. The van der Waals surface area contributed by atoms with E-state index in [-0.39, 0.29) is 22.7 Å². The number of fused-ring (bicyclic) bond motifs is 1. The Labute approximate surface area is 213 Å². The van der Waals surface area contributed by atoms with E-state index >= 15 is 4.39 Å². The Morgan fingerprint density at radius 2 is 2.03 bits per heavy atom. The van der Waals surface area contributed by atoms with Crippen molar-refractivity contribution in [3.8, 4) is 5.75 Å². The molecule has 3 heterocycles. The van der Waals surface area contributed by atoms with E-state index in [1.807, 2.05) is 30.0 Å². The number of halogens is 1. The molecule has 0 atom stereocenters. The lowest BCUT2D eigenvalue weighted by Gasteiger charge is -2.37. The first-order valence-electron chi connectivity index (χ1n) is 12.2. The lowest BCUT2D eigenvalue weighted by atomic mass is 10.1. The number of aromatic carboxylic acids is 1. The summed E-state index contributed by atoms with van der Waals surface area (Å²) >= 11 is 0. The Hall–Kier alpha value is -3.99. The summed E-state index contributed by atoms with van der Waals surface area (Å²) < 4.78 is 23.0. The minimum Gasteiger partial charge on any atom is -0.492 e. The number of nitrogens with zero attached hydrogens (tertiary/aromatic N) is 5. The minimum absolute atomic E-state index is 0.0239. The first-order chi connectivity index (χ1) is 17.9. The van der Waals surface area contributed by atoms with Gasteiger partial charge in [-0.2, -0.15) is 5.10 Å². The molecule has 37 heavy (non-hydrogen) atoms. The van der Waals surface area contributed by atoms with Gasteiger partial charge in [-0.15, -0.1) is 0 Å². The zero-order valence-corrected chi connectivity index (χ0v) is 20.8. The summed E-state index contributed by atoms with van der Waals surface area (Å²) in [7, 11) is 1.45. The van der Waals surface area contributed by atoms with Crippen molar-refractivity contribution in [3.05, 3.63) is 58.3 Å². The monoisotopic (exact) mass is 508 g/mol. The molecule has 2 aromatic heterocycles. The van der Waals surface area contributed by atoms with Crippen LogP contribution in [-0.2, 0) is 0 Å². The minimum atomic E-state index is -1.32. The van der Waals surface area contributed by atoms with Gasteiger partial charge in [-0.3, -0.25) is 15.1 Å². The predicted molar refractivity (Wildman–Crippen MR) is 140 cm³/mol. The number of carboxylic acids is 1. The molecule has 1 aromatic carbocycles. The molecule has 2 aliphatic rings. The van der Waals surface area contributed by atoms with Crippen molar-refractivity contribution in [1.29, 1.82) is 0 Å². The van der Waals surface area contributed by atoms with Gasteiger partial charge in [-0.25, -0.2) is 14.2 Å². The van der Waals surface area contributed by atoms with Crippen molar-refractivity contribution < 1.29 is 19.0 Å². The highest BCUT2D eigenvalue weighted by Gasteiger charge is 2.32. The topological polar surface area (TPSA) is 112 Å². The van der Waals surface area contributed by atoms with E-state index in [1.165, 1.54) is 13.3 Å². The molecule has 0 unspecified atom stereocenters. The van der Waals surface area contributed by atoms with E-state index in [9.17, 15) is 14.7 Å². The number of carboxylic acid groups (broad SMARTS) is 1. The summed E-state index contributed by atoms with van der Waals surface area (Å²) in [6.07, 6.45) is 4.79. The molecule has 194 valence electrons. The van der Waals surface area contributed by atoms with Crippen LogP contribution in [0.3, 0.4) is 0 Å². The zero-order valence-electron chi connectivity index (χ0n) is 20.8. The summed E-state index contributed by atoms with van der Waals surface area (Å²) in [5.74, 6) is -0.987. The number of aromatic nitrogens is 2. The van der Waals surface area contributed by atoms with Gasteiger partial charge in [0.1, 0.15) is 17.1 Å². The fourth-order valence-corrected chi connectivity index (χ4v) is 4.79. The second-order valence-electron chi connectivity index (χ2n) is 9.39. The van der Waals surface area contributed by atoms with Crippen LogP contribution in [0.25, 0.3) is 10.9 Å². The number of anilines is 2. The Kier molecular flexibility index (Phi) is 6.79. The van der Waals surface area contributed by atoms with Gasteiger partial charge in [0.05, 0.1) is 18.0 Å². The zero-order chi connectivity index (χ0) is 26.1. The Bertz CT molecular complexity index is 1410. The van der Waals surface area contributed by atoms with Gasteiger partial charge in [0.15, 0.2) is 11.6 Å². The first-order valence-corrected chi connectivity index (χ1v) is 12.2. The Morgan fingerprint density at radius 3 is 2.65 bits per heavy atom. The number of hydrazone groups is 1. The van der Waals surface area contributed by atoms with Crippen molar-refractivity contribution in [3.63, 3.8) is 0 Å². The van der Waals surface area contributed by atoms with Crippen molar-refractivity contribution in [1.82, 2.24) is 14.5 Å². The number of benzene rings is 1. The van der Waals surface area contributed by atoms with Gasteiger partial charge in [-0.05, 0) is 38.0 Å². The van der Waals surface area contributed by atoms with Crippen molar-refractivity contribution in [2.24, 2.45) is 5.10 Å². The van der Waals surface area contributed by atoms with Crippen molar-refractivity contribution in [2.45, 2.75) is 25.8 Å². The maximum Gasteiger partial charge on any atom is 0.341 e. The highest BCUT2D eigenvalue weighted by atomic mass is 19.1. The molecular formula is C26H29FN6O4. The molecule has 1 aliphatic carbocycles. The van der Waals surface area contributed by atoms with Crippen LogP contribution in [0.15, 0.2) is 46.6 Å². The van der Waals surface area contributed by atoms with Crippen LogP contribution in [0.5, 0.6) is 5.75 Å². The third kappa shape index (κ3) is 4.99. The largest absolute Gasteiger partial charge is 0.492 e. The second kappa shape index (κ2) is 10.2. The number of methoxy groups -OCH3 is 1. The summed E-state index contributed by atoms with van der Waals surface area (Å²) in [5, 5.41) is 13.9.